The second-order valence-electron chi connectivity index (χ2n) is 2.98. The highest BCUT2D eigenvalue weighted by Gasteiger charge is 2.00. The first-order valence-electron chi connectivity index (χ1n) is 4.12. The number of aliphatic hydroxyl groups is 1. The molecule has 0 aliphatic rings. The van der Waals surface area contributed by atoms with E-state index in [4.69, 9.17) is 5.11 Å². The van der Waals surface area contributed by atoms with Gasteiger partial charge in [0.05, 0.1) is 12.4 Å². The van der Waals surface area contributed by atoms with Gasteiger partial charge in [0.2, 0.25) is 5.91 Å². The Hall–Kier alpha value is -0.220. The minimum atomic E-state index is 0.00898. The molecule has 72 valence electrons. The predicted molar refractivity (Wildman–Crippen MR) is 52.3 cm³/mol. The van der Waals surface area contributed by atoms with E-state index in [2.05, 4.69) is 19.2 Å². The van der Waals surface area contributed by atoms with Crippen molar-refractivity contribution in [3.8, 4) is 0 Å². The summed E-state index contributed by atoms with van der Waals surface area (Å²) in [6, 6.07) is 0. The lowest BCUT2D eigenvalue weighted by Crippen LogP contribution is -2.28. The lowest BCUT2D eigenvalue weighted by atomic mass is 10.3. The number of nitrogens with one attached hydrogen (secondary N) is 1. The summed E-state index contributed by atoms with van der Waals surface area (Å²) < 4.78 is 0. The van der Waals surface area contributed by atoms with Crippen LogP contribution in [0.25, 0.3) is 0 Å². The summed E-state index contributed by atoms with van der Waals surface area (Å²) in [6.45, 7) is 4.62. The van der Waals surface area contributed by atoms with E-state index in [1.54, 1.807) is 11.8 Å². The smallest absolute Gasteiger partial charge is 0.230 e. The second kappa shape index (κ2) is 7.43. The van der Waals surface area contributed by atoms with Crippen LogP contribution in [-0.4, -0.2) is 35.7 Å². The molecule has 0 spiro atoms. The zero-order valence-electron chi connectivity index (χ0n) is 7.67. The fourth-order valence-corrected chi connectivity index (χ4v) is 1.51. The quantitative estimate of drug-likeness (QED) is 0.642. The molecule has 0 aliphatic carbocycles. The van der Waals surface area contributed by atoms with Crippen LogP contribution >= 0.6 is 11.8 Å². The van der Waals surface area contributed by atoms with Crippen LogP contribution in [0.5, 0.6) is 0 Å². The van der Waals surface area contributed by atoms with Gasteiger partial charge in [-0.3, -0.25) is 4.79 Å². The highest BCUT2D eigenvalue weighted by Crippen LogP contribution is 2.06. The number of carbonyl (C=O) groups is 1. The lowest BCUT2D eigenvalue weighted by molar-refractivity contribution is -0.118. The summed E-state index contributed by atoms with van der Waals surface area (Å²) >= 11 is 1.63. The Balaban J connectivity index is 3.20. The second-order valence-corrected chi connectivity index (χ2v) is 4.01. The van der Waals surface area contributed by atoms with Gasteiger partial charge in [0.1, 0.15) is 0 Å². The van der Waals surface area contributed by atoms with Gasteiger partial charge in [-0.25, -0.2) is 0 Å². The molecule has 12 heavy (non-hydrogen) atoms. The van der Waals surface area contributed by atoms with E-state index in [0.717, 1.165) is 5.75 Å². The van der Waals surface area contributed by atoms with Crippen LogP contribution in [0.3, 0.4) is 0 Å². The van der Waals surface area contributed by atoms with Crippen LogP contribution in [0.15, 0.2) is 0 Å². The minimum Gasteiger partial charge on any atom is -0.395 e. The first-order valence-corrected chi connectivity index (χ1v) is 5.27. The molecule has 0 heterocycles. The number of amides is 1. The predicted octanol–water partition coefficient (Wildman–Crippen LogP) is 0.484. The Kier molecular flexibility index (Phi) is 7.29. The average Bonchev–Trinajstić information content (AvgIpc) is 2.00. The molecule has 0 aromatic heterocycles. The van der Waals surface area contributed by atoms with E-state index in [-0.39, 0.29) is 12.5 Å². The molecular formula is C8H17NO2S. The van der Waals surface area contributed by atoms with E-state index in [1.165, 1.54) is 0 Å². The number of aliphatic hydroxyl groups excluding tert-OH is 1. The fourth-order valence-electron chi connectivity index (χ4n) is 0.634. The molecule has 0 radical (unpaired) electrons. The van der Waals surface area contributed by atoms with Crippen molar-refractivity contribution in [3.05, 3.63) is 0 Å². The van der Waals surface area contributed by atoms with Crippen LogP contribution in [-0.2, 0) is 4.79 Å². The molecule has 0 aliphatic heterocycles. The van der Waals surface area contributed by atoms with Gasteiger partial charge in [0, 0.05) is 6.54 Å². The summed E-state index contributed by atoms with van der Waals surface area (Å²) in [5.41, 5.74) is 0. The van der Waals surface area contributed by atoms with Crippen LogP contribution in [0.4, 0.5) is 0 Å². The number of hydrogen-bond donors (Lipinski definition) is 2. The highest BCUT2D eigenvalue weighted by molar-refractivity contribution is 7.99. The maximum Gasteiger partial charge on any atom is 0.230 e. The van der Waals surface area contributed by atoms with Gasteiger partial charge in [0.15, 0.2) is 0 Å². The molecule has 2 N–H and O–H groups in total. The van der Waals surface area contributed by atoms with E-state index in [0.29, 0.717) is 18.2 Å². The van der Waals surface area contributed by atoms with Gasteiger partial charge in [-0.2, -0.15) is 11.8 Å². The third-order valence-electron chi connectivity index (χ3n) is 1.12. The van der Waals surface area contributed by atoms with Crippen molar-refractivity contribution >= 4 is 17.7 Å². The molecule has 0 saturated carbocycles. The molecule has 0 bridgehead atoms. The topological polar surface area (TPSA) is 49.3 Å². The van der Waals surface area contributed by atoms with Crippen LogP contribution in [0.2, 0.25) is 0 Å². The normalized spacial score (nSPS) is 10.3. The van der Waals surface area contributed by atoms with E-state index in [9.17, 15) is 4.79 Å². The SMILES string of the molecule is CC(C)CSCC(=O)NCCO. The molecule has 0 fully saturated rings. The van der Waals surface area contributed by atoms with Gasteiger partial charge in [0.25, 0.3) is 0 Å². The zero-order chi connectivity index (χ0) is 9.40. The van der Waals surface area contributed by atoms with Gasteiger partial charge in [-0.1, -0.05) is 13.8 Å². The monoisotopic (exact) mass is 191 g/mol. The number of rotatable bonds is 6. The highest BCUT2D eigenvalue weighted by atomic mass is 32.2. The largest absolute Gasteiger partial charge is 0.395 e. The van der Waals surface area contributed by atoms with Crippen LogP contribution < -0.4 is 5.32 Å². The zero-order valence-corrected chi connectivity index (χ0v) is 8.49. The Labute approximate surface area is 77.9 Å². The van der Waals surface area contributed by atoms with E-state index >= 15 is 0 Å². The Morgan fingerprint density at radius 2 is 2.25 bits per heavy atom. The Morgan fingerprint density at radius 1 is 1.58 bits per heavy atom. The molecular weight excluding hydrogens is 174 g/mol. The third kappa shape index (κ3) is 7.88. The van der Waals surface area contributed by atoms with Crippen molar-refractivity contribution in [1.29, 1.82) is 0 Å². The molecule has 1 amide bonds. The van der Waals surface area contributed by atoms with Gasteiger partial charge < -0.3 is 10.4 Å². The number of hydrogen-bond acceptors (Lipinski definition) is 3. The van der Waals surface area contributed by atoms with Crippen LogP contribution in [0, 0.1) is 5.92 Å². The summed E-state index contributed by atoms with van der Waals surface area (Å²) in [5.74, 6) is 2.14. The molecule has 3 nitrogen and oxygen atoms in total. The Morgan fingerprint density at radius 3 is 2.75 bits per heavy atom. The van der Waals surface area contributed by atoms with Crippen molar-refractivity contribution in [2.45, 2.75) is 13.8 Å². The maximum absolute atomic E-state index is 10.9. The van der Waals surface area contributed by atoms with Gasteiger partial charge in [-0.15, -0.1) is 0 Å². The fraction of sp³-hybridized carbons (Fsp3) is 0.875. The minimum absolute atomic E-state index is 0.00898. The average molecular weight is 191 g/mol. The molecule has 0 saturated heterocycles. The molecule has 0 rings (SSSR count). The van der Waals surface area contributed by atoms with Gasteiger partial charge in [-0.05, 0) is 11.7 Å². The summed E-state index contributed by atoms with van der Waals surface area (Å²) in [6.07, 6.45) is 0. The summed E-state index contributed by atoms with van der Waals surface area (Å²) in [4.78, 5) is 10.9. The molecule has 0 aromatic carbocycles. The molecule has 4 heteroatoms. The van der Waals surface area contributed by atoms with Crippen molar-refractivity contribution in [1.82, 2.24) is 5.32 Å². The molecule has 0 unspecified atom stereocenters. The standard InChI is InChI=1S/C8H17NO2S/c1-7(2)5-12-6-8(11)9-3-4-10/h7,10H,3-6H2,1-2H3,(H,9,11). The summed E-state index contributed by atoms with van der Waals surface area (Å²) in [5, 5.41) is 11.0. The molecule has 0 aromatic rings. The summed E-state index contributed by atoms with van der Waals surface area (Å²) in [7, 11) is 0. The van der Waals surface area contributed by atoms with Crippen molar-refractivity contribution in [3.63, 3.8) is 0 Å². The van der Waals surface area contributed by atoms with Crippen molar-refractivity contribution in [2.75, 3.05) is 24.7 Å². The van der Waals surface area contributed by atoms with Crippen molar-refractivity contribution < 1.29 is 9.90 Å². The lowest BCUT2D eigenvalue weighted by Gasteiger charge is -2.04. The maximum atomic E-state index is 10.9. The van der Waals surface area contributed by atoms with E-state index < -0.39 is 0 Å². The number of thioether (sulfide) groups is 1. The first kappa shape index (κ1) is 11.8. The van der Waals surface area contributed by atoms with E-state index in [1.807, 2.05) is 0 Å². The Bertz CT molecular complexity index is 128. The van der Waals surface area contributed by atoms with Gasteiger partial charge >= 0.3 is 0 Å². The first-order chi connectivity index (χ1) is 5.66. The third-order valence-corrected chi connectivity index (χ3v) is 2.49. The van der Waals surface area contributed by atoms with Crippen molar-refractivity contribution in [2.24, 2.45) is 5.92 Å². The molecule has 0 atom stereocenters. The van der Waals surface area contributed by atoms with Crippen LogP contribution in [0.1, 0.15) is 13.8 Å². The number of carbonyl (C=O) groups excluding carboxylic acids is 1.